The maximum atomic E-state index is 12.0. The number of halogens is 2. The van der Waals surface area contributed by atoms with E-state index in [1.807, 2.05) is 28.7 Å². The first-order valence-corrected chi connectivity index (χ1v) is 6.70. The third kappa shape index (κ3) is 2.67. The van der Waals surface area contributed by atoms with Crippen molar-refractivity contribution in [3.63, 3.8) is 0 Å². The van der Waals surface area contributed by atoms with Crippen molar-refractivity contribution in [2.24, 2.45) is 0 Å². The van der Waals surface area contributed by atoms with Crippen LogP contribution in [0.4, 0.5) is 5.69 Å². The Hall–Kier alpha value is -1.08. The smallest absolute Gasteiger partial charge is 0.267 e. The van der Waals surface area contributed by atoms with E-state index in [4.69, 9.17) is 17.3 Å². The minimum atomic E-state index is -0.0579. The Morgan fingerprint density at radius 1 is 1.50 bits per heavy atom. The maximum Gasteiger partial charge on any atom is 0.267 e. The second kappa shape index (κ2) is 5.27. The molecule has 0 atom stereocenters. The van der Waals surface area contributed by atoms with Crippen LogP contribution in [0, 0.1) is 10.5 Å². The molecule has 0 bridgehead atoms. The molecule has 2 aromatic rings. The van der Waals surface area contributed by atoms with Crippen LogP contribution in [-0.2, 0) is 6.54 Å². The predicted molar refractivity (Wildman–Crippen MR) is 80.9 cm³/mol. The van der Waals surface area contributed by atoms with E-state index >= 15 is 0 Å². The average Bonchev–Trinajstić information content (AvgIpc) is 2.32. The first kappa shape index (κ1) is 13.4. The van der Waals surface area contributed by atoms with Crippen LogP contribution in [-0.4, -0.2) is 9.55 Å². The molecule has 94 valence electrons. The van der Waals surface area contributed by atoms with Gasteiger partial charge in [-0.15, -0.1) is 0 Å². The van der Waals surface area contributed by atoms with Gasteiger partial charge < -0.3 is 5.73 Å². The van der Waals surface area contributed by atoms with Gasteiger partial charge in [-0.05, 0) is 47.2 Å². The van der Waals surface area contributed by atoms with E-state index in [-0.39, 0.29) is 5.56 Å². The Balaban J connectivity index is 2.46. The Morgan fingerprint density at radius 3 is 2.89 bits per heavy atom. The highest BCUT2D eigenvalue weighted by molar-refractivity contribution is 14.1. The number of nitrogens with zero attached hydrogens (tertiary/aromatic N) is 2. The number of hydrogen-bond acceptors (Lipinski definition) is 3. The summed E-state index contributed by atoms with van der Waals surface area (Å²) in [6, 6.07) is 5.26. The van der Waals surface area contributed by atoms with Gasteiger partial charge in [0, 0.05) is 16.9 Å². The van der Waals surface area contributed by atoms with Gasteiger partial charge in [-0.1, -0.05) is 17.7 Å². The van der Waals surface area contributed by atoms with Gasteiger partial charge in [0.2, 0.25) is 0 Å². The molecule has 2 N–H and O–H groups in total. The summed E-state index contributed by atoms with van der Waals surface area (Å²) in [6.45, 7) is 2.20. The fourth-order valence-corrected chi connectivity index (χ4v) is 2.23. The number of hydrogen-bond donors (Lipinski definition) is 1. The standard InChI is InChI=1S/C12H11ClIN3O/c1-7-16-5-10(14)12(18)17(7)6-8-2-3-9(13)4-11(8)15/h2-5H,6,15H2,1H3. The molecule has 6 heteroatoms. The molecule has 1 aromatic heterocycles. The van der Waals surface area contributed by atoms with Gasteiger partial charge in [-0.3, -0.25) is 9.36 Å². The lowest BCUT2D eigenvalue weighted by molar-refractivity contribution is 0.696. The molecule has 0 fully saturated rings. The summed E-state index contributed by atoms with van der Waals surface area (Å²) in [5.41, 5.74) is 7.26. The van der Waals surface area contributed by atoms with Crippen LogP contribution in [0.2, 0.25) is 5.02 Å². The van der Waals surface area contributed by atoms with E-state index in [0.717, 1.165) is 5.56 Å². The molecular weight excluding hydrogens is 365 g/mol. The zero-order valence-corrected chi connectivity index (χ0v) is 12.6. The molecule has 4 nitrogen and oxygen atoms in total. The third-order valence-electron chi connectivity index (χ3n) is 2.64. The number of anilines is 1. The van der Waals surface area contributed by atoms with E-state index in [0.29, 0.717) is 26.6 Å². The number of aryl methyl sites for hydroxylation is 1. The van der Waals surface area contributed by atoms with Crippen molar-refractivity contribution in [1.29, 1.82) is 0 Å². The van der Waals surface area contributed by atoms with Crippen molar-refractivity contribution in [3.8, 4) is 0 Å². The second-order valence-corrected chi connectivity index (χ2v) is 5.49. The van der Waals surface area contributed by atoms with Gasteiger partial charge in [0.15, 0.2) is 0 Å². The molecule has 0 unspecified atom stereocenters. The zero-order valence-electron chi connectivity index (χ0n) is 9.65. The van der Waals surface area contributed by atoms with Crippen molar-refractivity contribution in [1.82, 2.24) is 9.55 Å². The summed E-state index contributed by atoms with van der Waals surface area (Å²) in [6.07, 6.45) is 1.57. The van der Waals surface area contributed by atoms with E-state index in [9.17, 15) is 4.79 Å². The summed E-state index contributed by atoms with van der Waals surface area (Å²) in [4.78, 5) is 16.2. The molecule has 18 heavy (non-hydrogen) atoms. The van der Waals surface area contributed by atoms with Crippen LogP contribution >= 0.6 is 34.2 Å². The first-order valence-electron chi connectivity index (χ1n) is 5.25. The quantitative estimate of drug-likeness (QED) is 0.648. The lowest BCUT2D eigenvalue weighted by atomic mass is 10.2. The minimum Gasteiger partial charge on any atom is -0.398 e. The molecule has 1 heterocycles. The summed E-state index contributed by atoms with van der Waals surface area (Å²) in [5.74, 6) is 0.662. The fraction of sp³-hybridized carbons (Fsp3) is 0.167. The highest BCUT2D eigenvalue weighted by Crippen LogP contribution is 2.18. The largest absolute Gasteiger partial charge is 0.398 e. The van der Waals surface area contributed by atoms with Crippen molar-refractivity contribution >= 4 is 39.9 Å². The molecule has 0 aliphatic heterocycles. The van der Waals surface area contributed by atoms with Crippen LogP contribution in [0.1, 0.15) is 11.4 Å². The number of rotatable bonds is 2. The average molecular weight is 376 g/mol. The van der Waals surface area contributed by atoms with E-state index in [1.54, 1.807) is 29.8 Å². The highest BCUT2D eigenvalue weighted by Gasteiger charge is 2.08. The summed E-state index contributed by atoms with van der Waals surface area (Å²) >= 11 is 7.82. The normalized spacial score (nSPS) is 10.6. The van der Waals surface area contributed by atoms with Crippen molar-refractivity contribution in [3.05, 3.63) is 54.7 Å². The summed E-state index contributed by atoms with van der Waals surface area (Å²) in [7, 11) is 0. The molecule has 1 aromatic carbocycles. The molecule has 0 aliphatic carbocycles. The Kier molecular flexibility index (Phi) is 3.91. The lowest BCUT2D eigenvalue weighted by Crippen LogP contribution is -2.26. The molecule has 0 amide bonds. The fourth-order valence-electron chi connectivity index (χ4n) is 1.62. The Bertz CT molecular complexity index is 654. The van der Waals surface area contributed by atoms with Crippen molar-refractivity contribution < 1.29 is 0 Å². The van der Waals surface area contributed by atoms with Crippen molar-refractivity contribution in [2.75, 3.05) is 5.73 Å². The van der Waals surface area contributed by atoms with Gasteiger partial charge in [-0.2, -0.15) is 0 Å². The first-order chi connectivity index (χ1) is 8.49. The summed E-state index contributed by atoms with van der Waals surface area (Å²) in [5, 5.41) is 0.584. The maximum absolute atomic E-state index is 12.0. The number of nitrogens with two attached hydrogens (primary N) is 1. The molecule has 0 aliphatic rings. The van der Waals surface area contributed by atoms with Gasteiger partial charge in [0.05, 0.1) is 10.1 Å². The molecule has 0 saturated heterocycles. The van der Waals surface area contributed by atoms with Gasteiger partial charge in [0.1, 0.15) is 5.82 Å². The molecule has 0 radical (unpaired) electrons. The van der Waals surface area contributed by atoms with Crippen LogP contribution in [0.15, 0.2) is 29.2 Å². The van der Waals surface area contributed by atoms with Crippen LogP contribution in [0.5, 0.6) is 0 Å². The molecular formula is C12H11ClIN3O. The Morgan fingerprint density at radius 2 is 2.22 bits per heavy atom. The van der Waals surface area contributed by atoms with Crippen LogP contribution < -0.4 is 11.3 Å². The van der Waals surface area contributed by atoms with E-state index in [2.05, 4.69) is 4.98 Å². The summed E-state index contributed by atoms with van der Waals surface area (Å²) < 4.78 is 2.19. The lowest BCUT2D eigenvalue weighted by Gasteiger charge is -2.11. The minimum absolute atomic E-state index is 0.0579. The third-order valence-corrected chi connectivity index (χ3v) is 3.62. The van der Waals surface area contributed by atoms with Crippen molar-refractivity contribution in [2.45, 2.75) is 13.5 Å². The van der Waals surface area contributed by atoms with Crippen LogP contribution in [0.25, 0.3) is 0 Å². The monoisotopic (exact) mass is 375 g/mol. The van der Waals surface area contributed by atoms with E-state index in [1.165, 1.54) is 0 Å². The zero-order chi connectivity index (χ0) is 13.3. The van der Waals surface area contributed by atoms with Crippen LogP contribution in [0.3, 0.4) is 0 Å². The van der Waals surface area contributed by atoms with Gasteiger partial charge >= 0.3 is 0 Å². The van der Waals surface area contributed by atoms with Gasteiger partial charge in [0.25, 0.3) is 5.56 Å². The second-order valence-electron chi connectivity index (χ2n) is 3.89. The number of nitrogen functional groups attached to an aromatic ring is 1. The Labute approximate surface area is 123 Å². The molecule has 2 rings (SSSR count). The topological polar surface area (TPSA) is 60.9 Å². The molecule has 0 saturated carbocycles. The molecule has 0 spiro atoms. The SMILES string of the molecule is Cc1ncc(I)c(=O)n1Cc1ccc(Cl)cc1N. The predicted octanol–water partition coefficient (Wildman–Crippen LogP) is 2.44. The van der Waals surface area contributed by atoms with E-state index < -0.39 is 0 Å². The number of aromatic nitrogens is 2. The van der Waals surface area contributed by atoms with Gasteiger partial charge in [-0.25, -0.2) is 4.98 Å². The highest BCUT2D eigenvalue weighted by atomic mass is 127. The number of benzene rings is 1.